The third kappa shape index (κ3) is 4.01. The monoisotopic (exact) mass is 227 g/mol. The molecule has 1 aromatic heterocycles. The van der Waals surface area contributed by atoms with Crippen LogP contribution >= 0.6 is 11.3 Å². The molecule has 0 radical (unpaired) electrons. The van der Waals surface area contributed by atoms with Crippen LogP contribution in [0.2, 0.25) is 0 Å². The van der Waals surface area contributed by atoms with Crippen molar-refractivity contribution in [1.82, 2.24) is 0 Å². The fraction of sp³-hybridized carbons (Fsp3) is 0.545. The first-order chi connectivity index (χ1) is 7.13. The summed E-state index contributed by atoms with van der Waals surface area (Å²) in [7, 11) is 0. The maximum absolute atomic E-state index is 10.4. The summed E-state index contributed by atoms with van der Waals surface area (Å²) in [6.45, 7) is 2.14. The van der Waals surface area contributed by atoms with Gasteiger partial charge < -0.3 is 10.8 Å². The first-order valence-electron chi connectivity index (χ1n) is 5.19. The van der Waals surface area contributed by atoms with Crippen LogP contribution in [0, 0.1) is 0 Å². The highest BCUT2D eigenvalue weighted by Crippen LogP contribution is 2.25. The van der Waals surface area contributed by atoms with Gasteiger partial charge in [-0.15, -0.1) is 11.3 Å². The van der Waals surface area contributed by atoms with Crippen molar-refractivity contribution in [3.05, 3.63) is 21.9 Å². The topological polar surface area (TPSA) is 63.3 Å². The van der Waals surface area contributed by atoms with Gasteiger partial charge in [-0.3, -0.25) is 4.79 Å². The second-order valence-electron chi connectivity index (χ2n) is 3.59. The molecule has 0 spiro atoms. The lowest BCUT2D eigenvalue weighted by Crippen LogP contribution is -2.10. The molecule has 84 valence electrons. The summed E-state index contributed by atoms with van der Waals surface area (Å²) >= 11 is 1.70. The largest absolute Gasteiger partial charge is 0.481 e. The molecular formula is C11H17NO2S. The highest BCUT2D eigenvalue weighted by atomic mass is 32.1. The van der Waals surface area contributed by atoms with Crippen LogP contribution in [0.5, 0.6) is 0 Å². The van der Waals surface area contributed by atoms with Crippen LogP contribution in [0.15, 0.2) is 12.1 Å². The zero-order valence-corrected chi connectivity index (χ0v) is 9.72. The normalized spacial score (nSPS) is 12.7. The number of carboxylic acid groups (broad SMARTS) is 1. The molecule has 3 nitrogen and oxygen atoms in total. The second kappa shape index (κ2) is 5.88. The average Bonchev–Trinajstić information content (AvgIpc) is 2.63. The van der Waals surface area contributed by atoms with Crippen molar-refractivity contribution < 1.29 is 9.90 Å². The van der Waals surface area contributed by atoms with Gasteiger partial charge in [-0.1, -0.05) is 13.3 Å². The zero-order chi connectivity index (χ0) is 11.3. The molecule has 3 N–H and O–H groups in total. The van der Waals surface area contributed by atoms with E-state index in [1.54, 1.807) is 11.3 Å². The highest BCUT2D eigenvalue weighted by molar-refractivity contribution is 7.12. The van der Waals surface area contributed by atoms with E-state index < -0.39 is 5.97 Å². The Hall–Kier alpha value is -0.870. The molecule has 1 aromatic rings. The van der Waals surface area contributed by atoms with E-state index in [1.165, 1.54) is 4.88 Å². The van der Waals surface area contributed by atoms with Crippen LogP contribution < -0.4 is 5.73 Å². The van der Waals surface area contributed by atoms with Crippen LogP contribution in [0.25, 0.3) is 0 Å². The van der Waals surface area contributed by atoms with E-state index in [-0.39, 0.29) is 12.5 Å². The van der Waals surface area contributed by atoms with Crippen molar-refractivity contribution in [1.29, 1.82) is 0 Å². The van der Waals surface area contributed by atoms with Crippen molar-refractivity contribution in [2.45, 2.75) is 38.6 Å². The van der Waals surface area contributed by atoms with E-state index >= 15 is 0 Å². The molecule has 0 saturated carbocycles. The lowest BCUT2D eigenvalue weighted by atomic mass is 10.1. The van der Waals surface area contributed by atoms with Crippen LogP contribution in [-0.4, -0.2) is 11.1 Å². The van der Waals surface area contributed by atoms with Crippen LogP contribution in [0.3, 0.4) is 0 Å². The van der Waals surface area contributed by atoms with Crippen LogP contribution in [-0.2, 0) is 11.2 Å². The number of rotatable bonds is 6. The molecule has 1 heterocycles. The number of hydrogen-bond acceptors (Lipinski definition) is 3. The minimum Gasteiger partial charge on any atom is -0.481 e. The van der Waals surface area contributed by atoms with Crippen LogP contribution in [0.1, 0.15) is 42.0 Å². The lowest BCUT2D eigenvalue weighted by Gasteiger charge is -2.06. The van der Waals surface area contributed by atoms with E-state index in [0.717, 1.165) is 17.7 Å². The summed E-state index contributed by atoms with van der Waals surface area (Å²) in [5.41, 5.74) is 5.90. The van der Waals surface area contributed by atoms with Crippen LogP contribution in [0.4, 0.5) is 0 Å². The molecule has 1 rings (SSSR count). The number of aliphatic carboxylic acids is 1. The predicted molar refractivity (Wildman–Crippen MR) is 62.1 cm³/mol. The molecular weight excluding hydrogens is 210 g/mol. The Bertz CT molecular complexity index is 322. The van der Waals surface area contributed by atoms with Gasteiger partial charge in [0.05, 0.1) is 0 Å². The van der Waals surface area contributed by atoms with Gasteiger partial charge in [-0.2, -0.15) is 0 Å². The van der Waals surface area contributed by atoms with Gasteiger partial charge in [-0.25, -0.2) is 0 Å². The van der Waals surface area contributed by atoms with Gasteiger partial charge in [0.1, 0.15) is 0 Å². The maximum Gasteiger partial charge on any atom is 0.303 e. The summed E-state index contributed by atoms with van der Waals surface area (Å²) in [5.74, 6) is -0.782. The van der Waals surface area contributed by atoms with Crippen molar-refractivity contribution in [2.24, 2.45) is 5.73 Å². The van der Waals surface area contributed by atoms with E-state index in [9.17, 15) is 4.79 Å². The first-order valence-corrected chi connectivity index (χ1v) is 6.01. The molecule has 0 aliphatic carbocycles. The van der Waals surface area contributed by atoms with Gasteiger partial charge in [0.15, 0.2) is 0 Å². The summed E-state index contributed by atoms with van der Waals surface area (Å²) < 4.78 is 0. The molecule has 0 fully saturated rings. The van der Waals surface area contributed by atoms with Crippen molar-refractivity contribution in [3.63, 3.8) is 0 Å². The highest BCUT2D eigenvalue weighted by Gasteiger charge is 2.10. The Morgan fingerprint density at radius 1 is 1.60 bits per heavy atom. The minimum absolute atomic E-state index is 0.128. The van der Waals surface area contributed by atoms with E-state index in [2.05, 4.69) is 13.0 Å². The Balaban J connectivity index is 2.50. The molecule has 0 aliphatic heterocycles. The Kier molecular flexibility index (Phi) is 4.78. The van der Waals surface area contributed by atoms with Gasteiger partial charge in [0, 0.05) is 22.2 Å². The number of carbonyl (C=O) groups is 1. The average molecular weight is 227 g/mol. The molecule has 4 heteroatoms. The second-order valence-corrected chi connectivity index (χ2v) is 4.79. The van der Waals surface area contributed by atoms with E-state index in [4.69, 9.17) is 10.8 Å². The molecule has 0 amide bonds. The number of nitrogens with two attached hydrogens (primary N) is 1. The zero-order valence-electron chi connectivity index (χ0n) is 8.90. The van der Waals surface area contributed by atoms with E-state index in [1.807, 2.05) is 6.07 Å². The van der Waals surface area contributed by atoms with Gasteiger partial charge >= 0.3 is 5.97 Å². The maximum atomic E-state index is 10.4. The SMILES string of the molecule is CCCc1ccc(C(N)CCC(=O)O)s1. The van der Waals surface area contributed by atoms with Gasteiger partial charge in [0.2, 0.25) is 0 Å². The standard InChI is InChI=1S/C11H17NO2S/c1-2-3-8-4-6-10(15-8)9(12)5-7-11(13)14/h4,6,9H,2-3,5,7,12H2,1H3,(H,13,14). The van der Waals surface area contributed by atoms with Crippen molar-refractivity contribution in [3.8, 4) is 0 Å². The molecule has 1 unspecified atom stereocenters. The number of aryl methyl sites for hydroxylation is 1. The number of hydrogen-bond donors (Lipinski definition) is 2. The van der Waals surface area contributed by atoms with Gasteiger partial charge in [-0.05, 0) is 25.0 Å². The summed E-state index contributed by atoms with van der Waals surface area (Å²) in [5, 5.41) is 8.55. The third-order valence-corrected chi connectivity index (χ3v) is 3.49. The Labute approximate surface area is 93.9 Å². The number of thiophene rings is 1. The summed E-state index contributed by atoms with van der Waals surface area (Å²) in [6, 6.07) is 3.98. The number of carboxylic acids is 1. The fourth-order valence-corrected chi connectivity index (χ4v) is 2.55. The Morgan fingerprint density at radius 3 is 2.93 bits per heavy atom. The van der Waals surface area contributed by atoms with Crippen molar-refractivity contribution >= 4 is 17.3 Å². The summed E-state index contributed by atoms with van der Waals surface area (Å²) in [4.78, 5) is 12.8. The minimum atomic E-state index is -0.782. The molecule has 15 heavy (non-hydrogen) atoms. The van der Waals surface area contributed by atoms with E-state index in [0.29, 0.717) is 6.42 Å². The smallest absolute Gasteiger partial charge is 0.303 e. The molecule has 1 atom stereocenters. The molecule has 0 saturated heterocycles. The summed E-state index contributed by atoms with van der Waals surface area (Å²) in [6.07, 6.45) is 2.87. The predicted octanol–water partition coefficient (Wildman–Crippen LogP) is 2.57. The van der Waals surface area contributed by atoms with Gasteiger partial charge in [0.25, 0.3) is 0 Å². The third-order valence-electron chi connectivity index (χ3n) is 2.21. The van der Waals surface area contributed by atoms with Crippen molar-refractivity contribution in [2.75, 3.05) is 0 Å². The molecule has 0 bridgehead atoms. The first kappa shape index (κ1) is 12.2. The fourth-order valence-electron chi connectivity index (χ4n) is 1.40. The lowest BCUT2D eigenvalue weighted by molar-refractivity contribution is -0.137. The Morgan fingerprint density at radius 2 is 2.33 bits per heavy atom. The molecule has 0 aliphatic rings. The molecule has 0 aromatic carbocycles. The quantitative estimate of drug-likeness (QED) is 0.785.